The van der Waals surface area contributed by atoms with E-state index in [1.165, 1.54) is 16.0 Å². The van der Waals surface area contributed by atoms with Crippen LogP contribution in [-0.4, -0.2) is 45.7 Å². The van der Waals surface area contributed by atoms with Gasteiger partial charge in [-0.05, 0) is 35.1 Å². The second-order valence-corrected chi connectivity index (χ2v) is 8.75. The molecule has 2 N–H and O–H groups in total. The maximum Gasteiger partial charge on any atom is 0.279 e. The summed E-state index contributed by atoms with van der Waals surface area (Å²) in [5, 5.41) is 3.26. The van der Waals surface area contributed by atoms with Crippen LogP contribution < -0.4 is 19.9 Å². The number of rotatable bonds is 7. The van der Waals surface area contributed by atoms with Gasteiger partial charge in [0.2, 0.25) is 0 Å². The average molecular weight is 411 g/mol. The molecular formula is C25H36N3O2+. The Kier molecular flexibility index (Phi) is 7.38. The summed E-state index contributed by atoms with van der Waals surface area (Å²) in [5.41, 5.74) is 4.58. The van der Waals surface area contributed by atoms with E-state index in [1.54, 1.807) is 7.11 Å². The number of quaternary nitrogens is 1. The first-order valence-electron chi connectivity index (χ1n) is 11.0. The van der Waals surface area contributed by atoms with E-state index in [1.807, 2.05) is 18.2 Å². The molecule has 3 rings (SSSR count). The first-order valence-corrected chi connectivity index (χ1v) is 11.0. The highest BCUT2D eigenvalue weighted by Crippen LogP contribution is 2.32. The first kappa shape index (κ1) is 22.2. The maximum atomic E-state index is 12.9. The van der Waals surface area contributed by atoms with E-state index >= 15 is 0 Å². The van der Waals surface area contributed by atoms with E-state index in [0.29, 0.717) is 18.4 Å². The van der Waals surface area contributed by atoms with Gasteiger partial charge in [-0.2, -0.15) is 0 Å². The molecule has 1 saturated heterocycles. The van der Waals surface area contributed by atoms with Crippen molar-refractivity contribution in [3.63, 3.8) is 0 Å². The van der Waals surface area contributed by atoms with E-state index in [2.05, 4.69) is 62.2 Å². The molecule has 1 heterocycles. The normalized spacial score (nSPS) is 15.0. The van der Waals surface area contributed by atoms with Crippen molar-refractivity contribution >= 4 is 17.3 Å². The molecule has 5 heteroatoms. The van der Waals surface area contributed by atoms with E-state index in [4.69, 9.17) is 4.74 Å². The topological polar surface area (TPSA) is 46.0 Å². The minimum Gasteiger partial charge on any atom is -0.495 e. The Balaban J connectivity index is 1.62. The Labute approximate surface area is 181 Å². The zero-order valence-electron chi connectivity index (χ0n) is 19.0. The standard InChI is InChI=1S/C25H35N3O2/c1-18(2)20-9-8-10-21(19(3)4)25(20)26-24(29)17-27-13-15-28(16-14-27)22-11-6-7-12-23(22)30-5/h6-12,18-19H,13-17H2,1-5H3,(H,26,29)/p+1. The van der Waals surface area contributed by atoms with E-state index in [9.17, 15) is 4.79 Å². The van der Waals surface area contributed by atoms with Crippen molar-refractivity contribution in [1.29, 1.82) is 0 Å². The van der Waals surface area contributed by atoms with Gasteiger partial charge in [-0.15, -0.1) is 0 Å². The number of carbonyl (C=O) groups excluding carboxylic acids is 1. The Morgan fingerprint density at radius 1 is 1.00 bits per heavy atom. The van der Waals surface area contributed by atoms with Crippen molar-refractivity contribution in [3.05, 3.63) is 53.6 Å². The van der Waals surface area contributed by atoms with Crippen molar-refractivity contribution in [2.45, 2.75) is 39.5 Å². The van der Waals surface area contributed by atoms with Crippen molar-refractivity contribution in [2.24, 2.45) is 0 Å². The molecule has 0 saturated carbocycles. The second kappa shape index (κ2) is 9.98. The van der Waals surface area contributed by atoms with Crippen molar-refractivity contribution < 1.29 is 14.4 Å². The van der Waals surface area contributed by atoms with Gasteiger partial charge in [0.25, 0.3) is 5.91 Å². The summed E-state index contributed by atoms with van der Waals surface area (Å²) in [7, 11) is 1.71. The van der Waals surface area contributed by atoms with E-state index in [0.717, 1.165) is 43.3 Å². The molecule has 30 heavy (non-hydrogen) atoms. The molecule has 1 aliphatic heterocycles. The Bertz CT molecular complexity index is 829. The minimum absolute atomic E-state index is 0.103. The Morgan fingerprint density at radius 2 is 1.60 bits per heavy atom. The summed E-state index contributed by atoms with van der Waals surface area (Å²) in [4.78, 5) is 16.6. The summed E-state index contributed by atoms with van der Waals surface area (Å²) >= 11 is 0. The highest BCUT2D eigenvalue weighted by atomic mass is 16.5. The molecule has 0 atom stereocenters. The molecule has 5 nitrogen and oxygen atoms in total. The highest BCUT2D eigenvalue weighted by Gasteiger charge is 2.25. The Hall–Kier alpha value is -2.53. The number of nitrogens with zero attached hydrogens (tertiary/aromatic N) is 1. The number of anilines is 2. The molecule has 0 aromatic heterocycles. The van der Waals surface area contributed by atoms with E-state index in [-0.39, 0.29) is 5.91 Å². The lowest BCUT2D eigenvalue weighted by Gasteiger charge is -2.34. The van der Waals surface area contributed by atoms with Gasteiger partial charge >= 0.3 is 0 Å². The van der Waals surface area contributed by atoms with Crippen LogP contribution in [0, 0.1) is 0 Å². The zero-order chi connectivity index (χ0) is 21.7. The molecule has 1 amide bonds. The van der Waals surface area contributed by atoms with Gasteiger partial charge in [0.15, 0.2) is 6.54 Å². The number of hydrogen-bond acceptors (Lipinski definition) is 3. The lowest BCUT2D eigenvalue weighted by atomic mass is 9.92. The number of methoxy groups -OCH3 is 1. The fourth-order valence-electron chi connectivity index (χ4n) is 4.24. The van der Waals surface area contributed by atoms with Gasteiger partial charge in [-0.3, -0.25) is 4.79 Å². The molecular weight excluding hydrogens is 374 g/mol. The molecule has 1 fully saturated rings. The molecule has 2 aromatic rings. The third-order valence-corrected chi connectivity index (χ3v) is 5.94. The molecule has 0 bridgehead atoms. The number of para-hydroxylation sites is 3. The quantitative estimate of drug-likeness (QED) is 0.736. The number of hydrogen-bond donors (Lipinski definition) is 2. The van der Waals surface area contributed by atoms with E-state index < -0.39 is 0 Å². The largest absolute Gasteiger partial charge is 0.495 e. The van der Waals surface area contributed by atoms with Gasteiger partial charge in [-0.25, -0.2) is 0 Å². The first-order chi connectivity index (χ1) is 14.4. The summed E-state index contributed by atoms with van der Waals surface area (Å²) in [6.07, 6.45) is 0. The smallest absolute Gasteiger partial charge is 0.279 e. The van der Waals surface area contributed by atoms with Crippen molar-refractivity contribution in [2.75, 3.05) is 50.1 Å². The predicted octanol–water partition coefficient (Wildman–Crippen LogP) is 3.29. The van der Waals surface area contributed by atoms with Crippen LogP contribution in [0.4, 0.5) is 11.4 Å². The lowest BCUT2D eigenvalue weighted by Crippen LogP contribution is -3.15. The van der Waals surface area contributed by atoms with Crippen LogP contribution in [0.5, 0.6) is 5.75 Å². The molecule has 0 unspecified atom stereocenters. The third-order valence-electron chi connectivity index (χ3n) is 5.94. The minimum atomic E-state index is 0.103. The van der Waals surface area contributed by atoms with Gasteiger partial charge in [0.1, 0.15) is 5.75 Å². The molecule has 0 aliphatic carbocycles. The predicted molar refractivity (Wildman–Crippen MR) is 124 cm³/mol. The number of carbonyl (C=O) groups is 1. The summed E-state index contributed by atoms with van der Waals surface area (Å²) in [6, 6.07) is 14.5. The van der Waals surface area contributed by atoms with Gasteiger partial charge in [0, 0.05) is 5.69 Å². The van der Waals surface area contributed by atoms with Crippen LogP contribution in [0.15, 0.2) is 42.5 Å². The zero-order valence-corrected chi connectivity index (χ0v) is 19.0. The molecule has 162 valence electrons. The number of piperazine rings is 1. The fourth-order valence-corrected chi connectivity index (χ4v) is 4.24. The monoisotopic (exact) mass is 410 g/mol. The highest BCUT2D eigenvalue weighted by molar-refractivity contribution is 5.93. The Morgan fingerprint density at radius 3 is 2.17 bits per heavy atom. The maximum absolute atomic E-state index is 12.9. The van der Waals surface area contributed by atoms with Crippen molar-refractivity contribution in [1.82, 2.24) is 0 Å². The number of benzene rings is 2. The van der Waals surface area contributed by atoms with Gasteiger partial charge in [0.05, 0.1) is 39.0 Å². The second-order valence-electron chi connectivity index (χ2n) is 8.75. The van der Waals surface area contributed by atoms with Crippen molar-refractivity contribution in [3.8, 4) is 5.75 Å². The number of ether oxygens (including phenoxy) is 1. The van der Waals surface area contributed by atoms with Gasteiger partial charge in [-0.1, -0.05) is 58.0 Å². The van der Waals surface area contributed by atoms with Crippen LogP contribution >= 0.6 is 0 Å². The van der Waals surface area contributed by atoms with Crippen LogP contribution in [0.3, 0.4) is 0 Å². The third kappa shape index (κ3) is 5.14. The number of nitrogens with one attached hydrogen (secondary N) is 2. The summed E-state index contributed by atoms with van der Waals surface area (Å²) in [5.74, 6) is 1.75. The lowest BCUT2D eigenvalue weighted by molar-refractivity contribution is -0.892. The summed E-state index contributed by atoms with van der Waals surface area (Å²) < 4.78 is 5.50. The molecule has 0 radical (unpaired) electrons. The SMILES string of the molecule is COc1ccccc1N1CC[NH+](CC(=O)Nc2c(C(C)C)cccc2C(C)C)CC1. The molecule has 0 spiro atoms. The van der Waals surface area contributed by atoms with Crippen LogP contribution in [0.1, 0.15) is 50.7 Å². The average Bonchev–Trinajstić information content (AvgIpc) is 2.74. The number of amides is 1. The van der Waals surface area contributed by atoms with Crippen LogP contribution in [0.25, 0.3) is 0 Å². The van der Waals surface area contributed by atoms with Gasteiger partial charge < -0.3 is 19.9 Å². The molecule has 1 aliphatic rings. The summed E-state index contributed by atoms with van der Waals surface area (Å²) in [6.45, 7) is 12.9. The molecule has 2 aromatic carbocycles. The van der Waals surface area contributed by atoms with Crippen LogP contribution in [-0.2, 0) is 4.79 Å². The fraction of sp³-hybridized carbons (Fsp3) is 0.480. The van der Waals surface area contributed by atoms with Crippen LogP contribution in [0.2, 0.25) is 0 Å².